The molecule has 0 aromatic heterocycles. The molecule has 0 aromatic rings. The Labute approximate surface area is 118 Å². The summed E-state index contributed by atoms with van der Waals surface area (Å²) in [6, 6.07) is 1.27. The van der Waals surface area contributed by atoms with Gasteiger partial charge in [0.2, 0.25) is 0 Å². The van der Waals surface area contributed by atoms with E-state index in [1.165, 1.54) is 19.4 Å². The molecule has 2 saturated heterocycles. The third kappa shape index (κ3) is 4.17. The summed E-state index contributed by atoms with van der Waals surface area (Å²) in [7, 11) is 0. The molecule has 0 aliphatic carbocycles. The average Bonchev–Trinajstić information content (AvgIpc) is 2.52. The zero-order valence-corrected chi connectivity index (χ0v) is 13.2. The first-order valence-corrected chi connectivity index (χ1v) is 8.02. The SMILES string of the molecule is CC(C)CNCC(C)(C)CN1C2CCC1CC(O)C2. The lowest BCUT2D eigenvalue weighted by Crippen LogP contribution is -2.50. The van der Waals surface area contributed by atoms with Crippen LogP contribution in [-0.2, 0) is 0 Å². The van der Waals surface area contributed by atoms with Crippen LogP contribution in [0.4, 0.5) is 0 Å². The fraction of sp³-hybridized carbons (Fsp3) is 1.00. The maximum atomic E-state index is 9.87. The Bertz CT molecular complexity index is 276. The predicted molar refractivity (Wildman–Crippen MR) is 80.2 cm³/mol. The minimum Gasteiger partial charge on any atom is -0.393 e. The topological polar surface area (TPSA) is 35.5 Å². The Morgan fingerprint density at radius 2 is 1.79 bits per heavy atom. The molecule has 2 bridgehead atoms. The molecule has 2 aliphatic heterocycles. The number of fused-ring (bicyclic) bond motifs is 2. The quantitative estimate of drug-likeness (QED) is 0.775. The highest BCUT2D eigenvalue weighted by Crippen LogP contribution is 2.37. The predicted octanol–water partition coefficient (Wildman–Crippen LogP) is 2.25. The third-order valence-electron chi connectivity index (χ3n) is 4.63. The number of rotatable bonds is 6. The number of piperidine rings is 1. The first-order valence-electron chi connectivity index (χ1n) is 8.02. The molecule has 112 valence electrons. The Morgan fingerprint density at radius 1 is 1.21 bits per heavy atom. The van der Waals surface area contributed by atoms with Crippen molar-refractivity contribution >= 4 is 0 Å². The molecule has 3 heteroatoms. The van der Waals surface area contributed by atoms with E-state index in [0.717, 1.165) is 31.8 Å². The van der Waals surface area contributed by atoms with E-state index in [4.69, 9.17) is 0 Å². The van der Waals surface area contributed by atoms with Gasteiger partial charge in [-0.1, -0.05) is 27.7 Å². The second-order valence-corrected chi connectivity index (χ2v) is 7.87. The van der Waals surface area contributed by atoms with Crippen molar-refractivity contribution in [2.75, 3.05) is 19.6 Å². The zero-order valence-electron chi connectivity index (χ0n) is 13.2. The molecule has 0 spiro atoms. The molecule has 2 N–H and O–H groups in total. The molecule has 2 unspecified atom stereocenters. The van der Waals surface area contributed by atoms with Gasteiger partial charge in [-0.25, -0.2) is 0 Å². The molecule has 19 heavy (non-hydrogen) atoms. The number of hydrogen-bond donors (Lipinski definition) is 2. The van der Waals surface area contributed by atoms with Gasteiger partial charge < -0.3 is 10.4 Å². The summed E-state index contributed by atoms with van der Waals surface area (Å²) >= 11 is 0. The molecule has 2 fully saturated rings. The van der Waals surface area contributed by atoms with Crippen molar-refractivity contribution in [3.05, 3.63) is 0 Å². The van der Waals surface area contributed by atoms with E-state index >= 15 is 0 Å². The van der Waals surface area contributed by atoms with Gasteiger partial charge in [0.05, 0.1) is 6.10 Å². The van der Waals surface area contributed by atoms with E-state index in [0.29, 0.717) is 17.5 Å². The van der Waals surface area contributed by atoms with E-state index in [1.807, 2.05) is 0 Å². The van der Waals surface area contributed by atoms with Crippen molar-refractivity contribution in [2.45, 2.75) is 71.6 Å². The lowest BCUT2D eigenvalue weighted by atomic mass is 9.89. The summed E-state index contributed by atoms with van der Waals surface area (Å²) in [5.41, 5.74) is 0.317. The van der Waals surface area contributed by atoms with Gasteiger partial charge >= 0.3 is 0 Å². The number of aliphatic hydroxyl groups excluding tert-OH is 1. The van der Waals surface area contributed by atoms with Crippen LogP contribution in [0.5, 0.6) is 0 Å². The van der Waals surface area contributed by atoms with Crippen molar-refractivity contribution in [2.24, 2.45) is 11.3 Å². The van der Waals surface area contributed by atoms with E-state index in [2.05, 4.69) is 37.9 Å². The van der Waals surface area contributed by atoms with Crippen LogP contribution < -0.4 is 5.32 Å². The summed E-state index contributed by atoms with van der Waals surface area (Å²) in [6.07, 6.45) is 4.52. The maximum absolute atomic E-state index is 9.87. The van der Waals surface area contributed by atoms with Gasteiger partial charge in [0.1, 0.15) is 0 Å². The summed E-state index contributed by atoms with van der Waals surface area (Å²) in [5.74, 6) is 0.720. The van der Waals surface area contributed by atoms with Crippen LogP contribution in [0.2, 0.25) is 0 Å². The Morgan fingerprint density at radius 3 is 2.32 bits per heavy atom. The van der Waals surface area contributed by atoms with Crippen LogP contribution in [0.3, 0.4) is 0 Å². The molecule has 3 nitrogen and oxygen atoms in total. The summed E-state index contributed by atoms with van der Waals surface area (Å²) in [6.45, 7) is 12.6. The molecular formula is C16H32N2O. The molecule has 2 rings (SSSR count). The van der Waals surface area contributed by atoms with Gasteiger partial charge in [-0.3, -0.25) is 4.90 Å². The highest BCUT2D eigenvalue weighted by molar-refractivity contribution is 4.97. The molecule has 2 atom stereocenters. The van der Waals surface area contributed by atoms with Gasteiger partial charge in [-0.05, 0) is 43.6 Å². The van der Waals surface area contributed by atoms with Crippen molar-refractivity contribution in [1.82, 2.24) is 10.2 Å². The number of nitrogens with zero attached hydrogens (tertiary/aromatic N) is 1. The normalized spacial score (nSPS) is 32.2. The molecule has 0 saturated carbocycles. The van der Waals surface area contributed by atoms with Crippen LogP contribution in [0.25, 0.3) is 0 Å². The minimum atomic E-state index is -0.0454. The molecular weight excluding hydrogens is 236 g/mol. The van der Waals surface area contributed by atoms with Gasteiger partial charge in [0.15, 0.2) is 0 Å². The monoisotopic (exact) mass is 268 g/mol. The Hall–Kier alpha value is -0.120. The van der Waals surface area contributed by atoms with Crippen molar-refractivity contribution in [3.8, 4) is 0 Å². The highest BCUT2D eigenvalue weighted by atomic mass is 16.3. The molecule has 2 heterocycles. The third-order valence-corrected chi connectivity index (χ3v) is 4.63. The fourth-order valence-electron chi connectivity index (χ4n) is 3.75. The molecule has 0 amide bonds. The van der Waals surface area contributed by atoms with Crippen LogP contribution in [-0.4, -0.2) is 47.8 Å². The average molecular weight is 268 g/mol. The Balaban J connectivity index is 1.83. The number of hydrogen-bond acceptors (Lipinski definition) is 3. The minimum absolute atomic E-state index is 0.0454. The van der Waals surface area contributed by atoms with Crippen LogP contribution in [0.15, 0.2) is 0 Å². The maximum Gasteiger partial charge on any atom is 0.0570 e. The van der Waals surface area contributed by atoms with Gasteiger partial charge in [-0.2, -0.15) is 0 Å². The molecule has 0 aromatic carbocycles. The van der Waals surface area contributed by atoms with Gasteiger partial charge in [0, 0.05) is 25.2 Å². The second-order valence-electron chi connectivity index (χ2n) is 7.87. The van der Waals surface area contributed by atoms with E-state index in [1.54, 1.807) is 0 Å². The summed E-state index contributed by atoms with van der Waals surface area (Å²) in [4.78, 5) is 2.68. The van der Waals surface area contributed by atoms with E-state index in [9.17, 15) is 5.11 Å². The Kier molecular flexibility index (Phi) is 4.91. The number of nitrogens with one attached hydrogen (secondary N) is 1. The van der Waals surface area contributed by atoms with Gasteiger partial charge in [0.25, 0.3) is 0 Å². The zero-order chi connectivity index (χ0) is 14.0. The lowest BCUT2D eigenvalue weighted by molar-refractivity contribution is 0.0157. The first-order chi connectivity index (χ1) is 8.87. The summed E-state index contributed by atoms with van der Waals surface area (Å²) in [5, 5.41) is 13.5. The fourth-order valence-corrected chi connectivity index (χ4v) is 3.75. The second kappa shape index (κ2) is 6.11. The smallest absolute Gasteiger partial charge is 0.0570 e. The highest BCUT2D eigenvalue weighted by Gasteiger charge is 2.41. The summed E-state index contributed by atoms with van der Waals surface area (Å²) < 4.78 is 0. The standard InChI is InChI=1S/C16H32N2O/c1-12(2)9-17-10-16(3,4)11-18-13-5-6-14(18)8-15(19)7-13/h12-15,17,19H,5-11H2,1-4H3. The van der Waals surface area contributed by atoms with Crippen LogP contribution in [0, 0.1) is 11.3 Å². The van der Waals surface area contributed by atoms with Crippen LogP contribution >= 0.6 is 0 Å². The van der Waals surface area contributed by atoms with Gasteiger partial charge in [-0.15, -0.1) is 0 Å². The van der Waals surface area contributed by atoms with E-state index in [-0.39, 0.29) is 6.10 Å². The van der Waals surface area contributed by atoms with E-state index < -0.39 is 0 Å². The van der Waals surface area contributed by atoms with Crippen LogP contribution in [0.1, 0.15) is 53.4 Å². The molecule has 0 radical (unpaired) electrons. The first kappa shape index (κ1) is 15.3. The number of aliphatic hydroxyl groups is 1. The van der Waals surface area contributed by atoms with Crippen molar-refractivity contribution in [3.63, 3.8) is 0 Å². The van der Waals surface area contributed by atoms with Crippen molar-refractivity contribution in [1.29, 1.82) is 0 Å². The largest absolute Gasteiger partial charge is 0.393 e. The van der Waals surface area contributed by atoms with Crippen molar-refractivity contribution < 1.29 is 5.11 Å². The lowest BCUT2D eigenvalue weighted by Gasteiger charge is -2.42. The molecule has 2 aliphatic rings.